The molecule has 16 heavy (non-hydrogen) atoms. The Morgan fingerprint density at radius 1 is 1.31 bits per heavy atom. The number of fused-ring (bicyclic) bond motifs is 3. The molecule has 3 heteroatoms. The number of benzene rings is 1. The predicted molar refractivity (Wildman–Crippen MR) is 61.8 cm³/mol. The Bertz CT molecular complexity index is 579. The van der Waals surface area contributed by atoms with Crippen LogP contribution in [-0.2, 0) is 4.79 Å². The minimum absolute atomic E-state index is 0.343. The second kappa shape index (κ2) is 3.17. The van der Waals surface area contributed by atoms with Crippen LogP contribution in [0.15, 0.2) is 47.0 Å². The Morgan fingerprint density at radius 2 is 2.12 bits per heavy atom. The quantitative estimate of drug-likeness (QED) is 0.776. The molecule has 1 aromatic rings. The second-order valence-corrected chi connectivity index (χ2v) is 3.78. The van der Waals surface area contributed by atoms with Gasteiger partial charge in [0.2, 0.25) is 0 Å². The number of allylic oxidation sites excluding steroid dienone is 2. The summed E-state index contributed by atoms with van der Waals surface area (Å²) in [6.45, 7) is 0. The van der Waals surface area contributed by atoms with Crippen molar-refractivity contribution in [1.29, 1.82) is 0 Å². The minimum atomic E-state index is -0.893. The summed E-state index contributed by atoms with van der Waals surface area (Å²) in [5.74, 6) is -0.893. The van der Waals surface area contributed by atoms with Crippen molar-refractivity contribution in [1.82, 2.24) is 0 Å². The van der Waals surface area contributed by atoms with Gasteiger partial charge >= 0.3 is 5.97 Å². The van der Waals surface area contributed by atoms with Crippen LogP contribution < -0.4 is 0 Å². The van der Waals surface area contributed by atoms with Gasteiger partial charge in [-0.05, 0) is 6.07 Å². The highest BCUT2D eigenvalue weighted by molar-refractivity contribution is 6.34. The average Bonchev–Trinajstić information content (AvgIpc) is 2.66. The molecule has 0 spiro atoms. The fraction of sp³-hybridized carbons (Fsp3) is 0.0769. The molecule has 1 aromatic carbocycles. The van der Waals surface area contributed by atoms with Gasteiger partial charge in [-0.3, -0.25) is 4.99 Å². The first-order valence-electron chi connectivity index (χ1n) is 5.09. The summed E-state index contributed by atoms with van der Waals surface area (Å²) in [6, 6.07) is 7.65. The Hall–Kier alpha value is -2.16. The molecule has 3 rings (SSSR count). The normalized spacial score (nSPS) is 16.9. The third kappa shape index (κ3) is 1.15. The first-order chi connectivity index (χ1) is 7.77. The number of rotatable bonds is 1. The SMILES string of the molecule is O=C(O)C1=C2C(=Nc3ccccc32)CC=C1. The van der Waals surface area contributed by atoms with E-state index in [0.29, 0.717) is 12.0 Å². The van der Waals surface area contributed by atoms with Crippen LogP contribution in [0.5, 0.6) is 0 Å². The van der Waals surface area contributed by atoms with E-state index in [1.54, 1.807) is 6.08 Å². The smallest absolute Gasteiger partial charge is 0.336 e. The number of para-hydroxylation sites is 1. The molecule has 2 aliphatic rings. The molecule has 0 bridgehead atoms. The van der Waals surface area contributed by atoms with Crippen LogP contribution in [0.2, 0.25) is 0 Å². The summed E-state index contributed by atoms with van der Waals surface area (Å²) in [6.07, 6.45) is 4.22. The summed E-state index contributed by atoms with van der Waals surface area (Å²) < 4.78 is 0. The molecular formula is C13H9NO2. The van der Waals surface area contributed by atoms with Gasteiger partial charge in [0, 0.05) is 17.6 Å². The van der Waals surface area contributed by atoms with Crippen molar-refractivity contribution in [2.24, 2.45) is 4.99 Å². The van der Waals surface area contributed by atoms with Crippen LogP contribution >= 0.6 is 0 Å². The predicted octanol–water partition coefficient (Wildman–Crippen LogP) is 2.57. The molecule has 0 saturated carbocycles. The number of carbonyl (C=O) groups is 1. The van der Waals surface area contributed by atoms with Crippen molar-refractivity contribution in [2.45, 2.75) is 6.42 Å². The molecule has 1 N–H and O–H groups in total. The van der Waals surface area contributed by atoms with Gasteiger partial charge in [0.25, 0.3) is 0 Å². The third-order valence-electron chi connectivity index (χ3n) is 2.81. The lowest BCUT2D eigenvalue weighted by Gasteiger charge is -2.10. The van der Waals surface area contributed by atoms with Crippen LogP contribution in [0.3, 0.4) is 0 Å². The van der Waals surface area contributed by atoms with Crippen molar-refractivity contribution in [3.63, 3.8) is 0 Å². The van der Waals surface area contributed by atoms with Crippen molar-refractivity contribution in [2.75, 3.05) is 0 Å². The van der Waals surface area contributed by atoms with E-state index in [1.807, 2.05) is 30.3 Å². The van der Waals surface area contributed by atoms with E-state index < -0.39 is 5.97 Å². The summed E-state index contributed by atoms with van der Waals surface area (Å²) in [5, 5.41) is 9.15. The van der Waals surface area contributed by atoms with Crippen molar-refractivity contribution < 1.29 is 9.90 Å². The molecule has 3 nitrogen and oxygen atoms in total. The molecule has 0 atom stereocenters. The van der Waals surface area contributed by atoms with E-state index in [0.717, 1.165) is 22.5 Å². The van der Waals surface area contributed by atoms with Gasteiger partial charge in [-0.25, -0.2) is 4.79 Å². The largest absolute Gasteiger partial charge is 0.478 e. The maximum Gasteiger partial charge on any atom is 0.336 e. The Balaban J connectivity index is 2.30. The fourth-order valence-electron chi connectivity index (χ4n) is 2.14. The molecule has 0 fully saturated rings. The topological polar surface area (TPSA) is 49.7 Å². The zero-order chi connectivity index (χ0) is 11.1. The number of hydrogen-bond donors (Lipinski definition) is 1. The average molecular weight is 211 g/mol. The molecule has 1 heterocycles. The van der Waals surface area contributed by atoms with Crippen LogP contribution in [0.1, 0.15) is 12.0 Å². The lowest BCUT2D eigenvalue weighted by molar-refractivity contribution is -0.132. The van der Waals surface area contributed by atoms with E-state index in [4.69, 9.17) is 5.11 Å². The molecule has 0 amide bonds. The molecule has 1 aliphatic carbocycles. The van der Waals surface area contributed by atoms with E-state index in [9.17, 15) is 4.79 Å². The van der Waals surface area contributed by atoms with Gasteiger partial charge in [-0.2, -0.15) is 0 Å². The van der Waals surface area contributed by atoms with Gasteiger partial charge < -0.3 is 5.11 Å². The van der Waals surface area contributed by atoms with Crippen molar-refractivity contribution in [3.8, 4) is 0 Å². The second-order valence-electron chi connectivity index (χ2n) is 3.78. The van der Waals surface area contributed by atoms with Gasteiger partial charge in [0.05, 0.1) is 17.0 Å². The van der Waals surface area contributed by atoms with Gasteiger partial charge in [-0.15, -0.1) is 0 Å². The number of aliphatic carboxylic acids is 1. The molecule has 0 unspecified atom stereocenters. The third-order valence-corrected chi connectivity index (χ3v) is 2.81. The fourth-order valence-corrected chi connectivity index (χ4v) is 2.14. The van der Waals surface area contributed by atoms with Gasteiger partial charge in [0.15, 0.2) is 0 Å². The lowest BCUT2D eigenvalue weighted by atomic mass is 9.91. The van der Waals surface area contributed by atoms with E-state index in [-0.39, 0.29) is 0 Å². The van der Waals surface area contributed by atoms with Crippen molar-refractivity contribution >= 4 is 22.9 Å². The highest BCUT2D eigenvalue weighted by Gasteiger charge is 2.27. The Morgan fingerprint density at radius 3 is 2.94 bits per heavy atom. The summed E-state index contributed by atoms with van der Waals surface area (Å²) >= 11 is 0. The Kier molecular flexibility index (Phi) is 1.80. The van der Waals surface area contributed by atoms with Crippen LogP contribution in [0.4, 0.5) is 5.69 Å². The minimum Gasteiger partial charge on any atom is -0.478 e. The summed E-state index contributed by atoms with van der Waals surface area (Å²) in [4.78, 5) is 15.6. The number of carboxylic acid groups (broad SMARTS) is 1. The monoisotopic (exact) mass is 211 g/mol. The van der Waals surface area contributed by atoms with Crippen LogP contribution in [-0.4, -0.2) is 16.8 Å². The maximum atomic E-state index is 11.1. The maximum absolute atomic E-state index is 11.1. The van der Waals surface area contributed by atoms with E-state index in [2.05, 4.69) is 4.99 Å². The van der Waals surface area contributed by atoms with Crippen LogP contribution in [0.25, 0.3) is 5.57 Å². The number of nitrogens with zero attached hydrogens (tertiary/aromatic N) is 1. The number of hydrogen-bond acceptors (Lipinski definition) is 2. The number of carboxylic acids is 1. The summed E-state index contributed by atoms with van der Waals surface area (Å²) in [5.41, 5.74) is 3.79. The highest BCUT2D eigenvalue weighted by Crippen LogP contribution is 2.39. The zero-order valence-electron chi connectivity index (χ0n) is 8.47. The van der Waals surface area contributed by atoms with Gasteiger partial charge in [0.1, 0.15) is 0 Å². The lowest BCUT2D eigenvalue weighted by Crippen LogP contribution is -2.10. The highest BCUT2D eigenvalue weighted by atomic mass is 16.4. The Labute approximate surface area is 92.4 Å². The first kappa shape index (κ1) is 9.09. The number of aliphatic imine (C=N–C) groups is 1. The molecule has 0 radical (unpaired) electrons. The zero-order valence-corrected chi connectivity index (χ0v) is 8.47. The standard InChI is InChI=1S/C13H9NO2/c15-13(16)9-5-3-7-11-12(9)8-4-1-2-6-10(8)14-11/h1-6H,7H2,(H,15,16). The molecular weight excluding hydrogens is 202 g/mol. The first-order valence-corrected chi connectivity index (χ1v) is 5.09. The van der Waals surface area contributed by atoms with Crippen molar-refractivity contribution in [3.05, 3.63) is 47.6 Å². The van der Waals surface area contributed by atoms with E-state index in [1.165, 1.54) is 0 Å². The molecule has 0 aromatic heterocycles. The molecule has 0 saturated heterocycles. The summed E-state index contributed by atoms with van der Waals surface area (Å²) in [7, 11) is 0. The van der Waals surface area contributed by atoms with Crippen LogP contribution in [0, 0.1) is 0 Å². The van der Waals surface area contributed by atoms with E-state index >= 15 is 0 Å². The molecule has 78 valence electrons. The molecule has 1 aliphatic heterocycles. The van der Waals surface area contributed by atoms with Gasteiger partial charge in [-0.1, -0.05) is 30.4 Å².